The van der Waals surface area contributed by atoms with Crippen molar-refractivity contribution in [3.63, 3.8) is 0 Å². The molecule has 5 heteroatoms. The van der Waals surface area contributed by atoms with E-state index in [1.54, 1.807) is 4.68 Å². The van der Waals surface area contributed by atoms with Crippen molar-refractivity contribution in [3.05, 3.63) is 18.0 Å². The highest BCUT2D eigenvalue weighted by atomic mass is 16.1. The first-order valence-electron chi connectivity index (χ1n) is 6.66. The van der Waals surface area contributed by atoms with Crippen molar-refractivity contribution < 1.29 is 4.79 Å². The molecule has 0 aromatic carbocycles. The van der Waals surface area contributed by atoms with E-state index < -0.39 is 0 Å². The van der Waals surface area contributed by atoms with E-state index in [1.807, 2.05) is 19.4 Å². The number of amides is 1. The number of rotatable bonds is 5. The van der Waals surface area contributed by atoms with E-state index in [2.05, 4.69) is 10.4 Å². The molecule has 1 aliphatic carbocycles. The highest BCUT2D eigenvalue weighted by molar-refractivity contribution is 5.78. The fourth-order valence-corrected chi connectivity index (χ4v) is 2.50. The van der Waals surface area contributed by atoms with Crippen LogP contribution >= 0.6 is 0 Å². The Morgan fingerprint density at radius 1 is 1.61 bits per heavy atom. The fraction of sp³-hybridized carbons (Fsp3) is 0.692. The van der Waals surface area contributed by atoms with E-state index in [-0.39, 0.29) is 17.9 Å². The van der Waals surface area contributed by atoms with E-state index in [0.717, 1.165) is 38.6 Å². The number of aryl methyl sites for hydroxylation is 2. The van der Waals surface area contributed by atoms with Crippen LogP contribution in [0.5, 0.6) is 0 Å². The smallest absolute Gasteiger partial charge is 0.223 e. The van der Waals surface area contributed by atoms with Crippen molar-refractivity contribution >= 4 is 5.91 Å². The van der Waals surface area contributed by atoms with Gasteiger partial charge in [-0.2, -0.15) is 5.10 Å². The highest BCUT2D eigenvalue weighted by Gasteiger charge is 2.27. The lowest BCUT2D eigenvalue weighted by Gasteiger charge is -2.10. The zero-order chi connectivity index (χ0) is 13.0. The van der Waals surface area contributed by atoms with Crippen LogP contribution in [-0.4, -0.2) is 28.3 Å². The first-order valence-corrected chi connectivity index (χ1v) is 6.66. The van der Waals surface area contributed by atoms with Gasteiger partial charge in [0.15, 0.2) is 0 Å². The van der Waals surface area contributed by atoms with Gasteiger partial charge in [0, 0.05) is 31.7 Å². The maximum Gasteiger partial charge on any atom is 0.223 e. The number of nitrogens with one attached hydrogen (secondary N) is 1. The summed E-state index contributed by atoms with van der Waals surface area (Å²) >= 11 is 0. The SMILES string of the molecule is Cn1cc(CCCNC(=O)[C@H]2CC[C@@H](N)C2)cn1. The molecule has 1 aliphatic rings. The Labute approximate surface area is 108 Å². The van der Waals surface area contributed by atoms with Gasteiger partial charge in [-0.25, -0.2) is 0 Å². The molecule has 5 nitrogen and oxygen atoms in total. The number of nitrogens with zero attached hydrogens (tertiary/aromatic N) is 2. The molecule has 0 saturated heterocycles. The Kier molecular flexibility index (Phi) is 4.36. The summed E-state index contributed by atoms with van der Waals surface area (Å²) in [6.45, 7) is 0.736. The van der Waals surface area contributed by atoms with Gasteiger partial charge >= 0.3 is 0 Å². The summed E-state index contributed by atoms with van der Waals surface area (Å²) in [6.07, 6.45) is 8.56. The number of aromatic nitrogens is 2. The predicted octanol–water partition coefficient (Wildman–Crippen LogP) is 0.596. The second kappa shape index (κ2) is 6.00. The van der Waals surface area contributed by atoms with Gasteiger partial charge in [-0.05, 0) is 37.7 Å². The van der Waals surface area contributed by atoms with Crippen molar-refractivity contribution in [2.24, 2.45) is 18.7 Å². The number of nitrogens with two attached hydrogens (primary N) is 1. The van der Waals surface area contributed by atoms with Gasteiger partial charge in [0.2, 0.25) is 5.91 Å². The summed E-state index contributed by atoms with van der Waals surface area (Å²) in [7, 11) is 1.91. The van der Waals surface area contributed by atoms with Crippen LogP contribution in [0.3, 0.4) is 0 Å². The number of carbonyl (C=O) groups is 1. The third kappa shape index (κ3) is 3.57. The molecule has 3 N–H and O–H groups in total. The summed E-state index contributed by atoms with van der Waals surface area (Å²) in [5, 5.41) is 7.12. The Balaban J connectivity index is 1.62. The average molecular weight is 250 g/mol. The molecular formula is C13H22N4O. The molecule has 1 aromatic rings. The molecule has 1 amide bonds. The minimum Gasteiger partial charge on any atom is -0.356 e. The zero-order valence-corrected chi connectivity index (χ0v) is 10.9. The van der Waals surface area contributed by atoms with Crippen LogP contribution in [0.15, 0.2) is 12.4 Å². The molecule has 1 saturated carbocycles. The molecule has 18 heavy (non-hydrogen) atoms. The van der Waals surface area contributed by atoms with Crippen LogP contribution < -0.4 is 11.1 Å². The van der Waals surface area contributed by atoms with Gasteiger partial charge < -0.3 is 11.1 Å². The van der Waals surface area contributed by atoms with Gasteiger partial charge in [-0.15, -0.1) is 0 Å². The Morgan fingerprint density at radius 3 is 3.06 bits per heavy atom. The number of hydrogen-bond donors (Lipinski definition) is 2. The molecule has 0 unspecified atom stereocenters. The largest absolute Gasteiger partial charge is 0.356 e. The molecule has 100 valence electrons. The molecule has 1 fully saturated rings. The summed E-state index contributed by atoms with van der Waals surface area (Å²) in [5.74, 6) is 0.313. The van der Waals surface area contributed by atoms with Gasteiger partial charge in [0.1, 0.15) is 0 Å². The Hall–Kier alpha value is -1.36. The van der Waals surface area contributed by atoms with Crippen LogP contribution in [0.2, 0.25) is 0 Å². The third-order valence-corrected chi connectivity index (χ3v) is 3.54. The molecule has 2 atom stereocenters. The minimum absolute atomic E-state index is 0.137. The maximum atomic E-state index is 11.8. The van der Waals surface area contributed by atoms with Gasteiger partial charge in [0.25, 0.3) is 0 Å². The van der Waals surface area contributed by atoms with Crippen LogP contribution in [0.25, 0.3) is 0 Å². The summed E-state index contributed by atoms with van der Waals surface area (Å²) < 4.78 is 1.80. The molecule has 0 bridgehead atoms. The molecule has 1 aromatic heterocycles. The molecular weight excluding hydrogens is 228 g/mol. The van der Waals surface area contributed by atoms with Crippen LogP contribution in [0.4, 0.5) is 0 Å². The lowest BCUT2D eigenvalue weighted by Crippen LogP contribution is -2.31. The molecule has 0 aliphatic heterocycles. The van der Waals surface area contributed by atoms with E-state index in [0.29, 0.717) is 0 Å². The molecule has 0 radical (unpaired) electrons. The fourth-order valence-electron chi connectivity index (χ4n) is 2.50. The van der Waals surface area contributed by atoms with Crippen molar-refractivity contribution in [1.29, 1.82) is 0 Å². The second-order valence-electron chi connectivity index (χ2n) is 5.19. The van der Waals surface area contributed by atoms with Crippen LogP contribution in [0, 0.1) is 5.92 Å². The standard InChI is InChI=1S/C13H22N4O/c1-17-9-10(8-16-17)3-2-6-15-13(18)11-4-5-12(14)7-11/h8-9,11-12H,2-7,14H2,1H3,(H,15,18)/t11-,12+/m0/s1. The normalized spacial score (nSPS) is 23.2. The number of carbonyl (C=O) groups excluding carboxylic acids is 1. The van der Waals surface area contributed by atoms with Crippen molar-refractivity contribution in [2.75, 3.05) is 6.54 Å². The topological polar surface area (TPSA) is 72.9 Å². The summed E-state index contributed by atoms with van der Waals surface area (Å²) in [5.41, 5.74) is 7.02. The monoisotopic (exact) mass is 250 g/mol. The molecule has 2 rings (SSSR count). The van der Waals surface area contributed by atoms with Crippen molar-refractivity contribution in [2.45, 2.75) is 38.1 Å². The van der Waals surface area contributed by atoms with E-state index in [4.69, 9.17) is 5.73 Å². The maximum absolute atomic E-state index is 11.8. The van der Waals surface area contributed by atoms with Crippen molar-refractivity contribution in [3.8, 4) is 0 Å². The summed E-state index contributed by atoms with van der Waals surface area (Å²) in [4.78, 5) is 11.8. The quantitative estimate of drug-likeness (QED) is 0.751. The lowest BCUT2D eigenvalue weighted by atomic mass is 10.1. The minimum atomic E-state index is 0.137. The Bertz CT molecular complexity index is 401. The highest BCUT2D eigenvalue weighted by Crippen LogP contribution is 2.23. The first-order chi connectivity index (χ1) is 8.65. The first kappa shape index (κ1) is 13.1. The van der Waals surface area contributed by atoms with Crippen molar-refractivity contribution in [1.82, 2.24) is 15.1 Å². The molecule has 1 heterocycles. The zero-order valence-electron chi connectivity index (χ0n) is 10.9. The Morgan fingerprint density at radius 2 is 2.44 bits per heavy atom. The van der Waals surface area contributed by atoms with Gasteiger partial charge in [-0.1, -0.05) is 0 Å². The van der Waals surface area contributed by atoms with Gasteiger partial charge in [-0.3, -0.25) is 9.48 Å². The van der Waals surface area contributed by atoms with Crippen LogP contribution in [-0.2, 0) is 18.3 Å². The van der Waals surface area contributed by atoms with E-state index >= 15 is 0 Å². The van der Waals surface area contributed by atoms with Crippen LogP contribution in [0.1, 0.15) is 31.2 Å². The van der Waals surface area contributed by atoms with E-state index in [1.165, 1.54) is 5.56 Å². The van der Waals surface area contributed by atoms with Gasteiger partial charge in [0.05, 0.1) is 6.20 Å². The summed E-state index contributed by atoms with van der Waals surface area (Å²) in [6, 6.07) is 0.219. The lowest BCUT2D eigenvalue weighted by molar-refractivity contribution is -0.124. The number of hydrogen-bond acceptors (Lipinski definition) is 3. The third-order valence-electron chi connectivity index (χ3n) is 3.54. The van der Waals surface area contributed by atoms with E-state index in [9.17, 15) is 4.79 Å². The molecule has 0 spiro atoms. The predicted molar refractivity (Wildman–Crippen MR) is 69.9 cm³/mol. The second-order valence-corrected chi connectivity index (χ2v) is 5.19. The average Bonchev–Trinajstić information content (AvgIpc) is 2.93.